The summed E-state index contributed by atoms with van der Waals surface area (Å²) in [5.41, 5.74) is 3.99. The van der Waals surface area contributed by atoms with E-state index in [0.717, 1.165) is 40.0 Å². The molecule has 1 atom stereocenters. The van der Waals surface area contributed by atoms with Crippen LogP contribution in [0.2, 0.25) is 0 Å². The molecule has 0 aliphatic heterocycles. The van der Waals surface area contributed by atoms with Crippen LogP contribution in [0.3, 0.4) is 0 Å². The van der Waals surface area contributed by atoms with Gasteiger partial charge in [-0.05, 0) is 56.0 Å². The zero-order chi connectivity index (χ0) is 20.5. The van der Waals surface area contributed by atoms with Crippen LogP contribution in [0.5, 0.6) is 0 Å². The van der Waals surface area contributed by atoms with Crippen LogP contribution in [0.15, 0.2) is 46.1 Å². The smallest absolute Gasteiger partial charge is 0.299 e. The highest BCUT2D eigenvalue weighted by Crippen LogP contribution is 2.26. The minimum Gasteiger partial charge on any atom is -0.299 e. The van der Waals surface area contributed by atoms with Crippen LogP contribution >= 0.6 is 11.3 Å². The van der Waals surface area contributed by atoms with E-state index in [1.54, 1.807) is 22.8 Å². The van der Waals surface area contributed by atoms with E-state index in [9.17, 15) is 13.2 Å². The van der Waals surface area contributed by atoms with Gasteiger partial charge in [0.15, 0.2) is 0 Å². The van der Waals surface area contributed by atoms with Crippen molar-refractivity contribution in [2.75, 3.05) is 0 Å². The Labute approximate surface area is 170 Å². The Hall–Kier alpha value is -1.96. The number of hydrogen-bond acceptors (Lipinski definition) is 4. The lowest BCUT2D eigenvalue weighted by molar-refractivity contribution is 0.549. The Bertz CT molecular complexity index is 1160. The van der Waals surface area contributed by atoms with Crippen molar-refractivity contribution < 1.29 is 8.42 Å². The molecule has 0 spiro atoms. The quantitative estimate of drug-likeness (QED) is 0.613. The molecule has 2 aromatic carbocycles. The van der Waals surface area contributed by atoms with Crippen molar-refractivity contribution in [2.45, 2.75) is 58.0 Å². The van der Waals surface area contributed by atoms with Crippen molar-refractivity contribution in [1.82, 2.24) is 9.29 Å². The van der Waals surface area contributed by atoms with Crippen LogP contribution in [0.25, 0.3) is 10.2 Å². The van der Waals surface area contributed by atoms with Crippen LogP contribution in [-0.2, 0) is 16.6 Å². The standard InChI is InChI=1S/C21H26N2O3S2/c1-5-11-23-19-10-8-16(13-20(19)27-21(23)24)28(25,26)22-18(6-2)17-9-7-14(3)12-15(17)4/h7-10,12-13,18,22H,5-6,11H2,1-4H3/t18-/m1/s1. The third-order valence-corrected chi connectivity index (χ3v) is 7.31. The summed E-state index contributed by atoms with van der Waals surface area (Å²) in [6.07, 6.45) is 1.49. The summed E-state index contributed by atoms with van der Waals surface area (Å²) in [6, 6.07) is 10.7. The fourth-order valence-corrected chi connectivity index (χ4v) is 5.84. The lowest BCUT2D eigenvalue weighted by Crippen LogP contribution is -2.28. The first kappa shape index (κ1) is 20.8. The fraction of sp³-hybridized carbons (Fsp3) is 0.381. The lowest BCUT2D eigenvalue weighted by atomic mass is 9.98. The van der Waals surface area contributed by atoms with Crippen molar-refractivity contribution in [1.29, 1.82) is 0 Å². The van der Waals surface area contributed by atoms with E-state index in [4.69, 9.17) is 0 Å². The monoisotopic (exact) mass is 418 g/mol. The first-order valence-corrected chi connectivity index (χ1v) is 11.8. The van der Waals surface area contributed by atoms with E-state index in [1.165, 1.54) is 0 Å². The van der Waals surface area contributed by atoms with E-state index in [0.29, 0.717) is 17.7 Å². The van der Waals surface area contributed by atoms with Crippen molar-refractivity contribution in [2.24, 2.45) is 0 Å². The summed E-state index contributed by atoms with van der Waals surface area (Å²) in [7, 11) is -3.71. The average Bonchev–Trinajstić information content (AvgIpc) is 2.95. The number of fused-ring (bicyclic) bond motifs is 1. The largest absolute Gasteiger partial charge is 0.308 e. The molecule has 0 saturated carbocycles. The molecular formula is C21H26N2O3S2. The van der Waals surface area contributed by atoms with Gasteiger partial charge in [-0.1, -0.05) is 48.9 Å². The molecule has 0 unspecified atom stereocenters. The van der Waals surface area contributed by atoms with E-state index in [1.807, 2.05) is 39.8 Å². The molecule has 7 heteroatoms. The number of hydrogen-bond donors (Lipinski definition) is 1. The van der Waals surface area contributed by atoms with Crippen molar-refractivity contribution >= 4 is 31.6 Å². The number of aromatic nitrogens is 1. The zero-order valence-electron chi connectivity index (χ0n) is 16.7. The maximum absolute atomic E-state index is 13.0. The number of nitrogens with zero attached hydrogens (tertiary/aromatic N) is 1. The van der Waals surface area contributed by atoms with Gasteiger partial charge in [0.1, 0.15) is 0 Å². The Morgan fingerprint density at radius 1 is 1.11 bits per heavy atom. The van der Waals surface area contributed by atoms with Gasteiger partial charge in [-0.3, -0.25) is 9.36 Å². The van der Waals surface area contributed by atoms with Crippen LogP contribution in [-0.4, -0.2) is 13.0 Å². The first-order chi connectivity index (χ1) is 13.3. The maximum Gasteiger partial charge on any atom is 0.308 e. The zero-order valence-corrected chi connectivity index (χ0v) is 18.3. The van der Waals surface area contributed by atoms with Gasteiger partial charge in [-0.15, -0.1) is 0 Å². The summed E-state index contributed by atoms with van der Waals surface area (Å²) >= 11 is 1.09. The number of benzene rings is 2. The van der Waals surface area contributed by atoms with Crippen molar-refractivity contribution in [3.8, 4) is 0 Å². The second kappa shape index (κ2) is 8.19. The maximum atomic E-state index is 13.0. The summed E-state index contributed by atoms with van der Waals surface area (Å²) in [4.78, 5) is 12.3. The average molecular weight is 419 g/mol. The van der Waals surface area contributed by atoms with Gasteiger partial charge in [-0.2, -0.15) is 0 Å². The normalized spacial score (nSPS) is 13.1. The summed E-state index contributed by atoms with van der Waals surface area (Å²) in [5.74, 6) is 0. The van der Waals surface area contributed by atoms with E-state index >= 15 is 0 Å². The van der Waals surface area contributed by atoms with Gasteiger partial charge in [0.25, 0.3) is 0 Å². The molecule has 0 aliphatic rings. The third kappa shape index (κ3) is 4.06. The van der Waals surface area contributed by atoms with Crippen LogP contribution in [0.4, 0.5) is 0 Å². The number of aryl methyl sites for hydroxylation is 3. The summed E-state index contributed by atoms with van der Waals surface area (Å²) in [6.45, 7) is 8.63. The molecular weight excluding hydrogens is 392 g/mol. The second-order valence-electron chi connectivity index (χ2n) is 7.09. The molecule has 3 aromatic rings. The molecule has 1 N–H and O–H groups in total. The van der Waals surface area contributed by atoms with E-state index in [-0.39, 0.29) is 15.8 Å². The van der Waals surface area contributed by atoms with E-state index < -0.39 is 10.0 Å². The Kier molecular flexibility index (Phi) is 6.07. The van der Waals surface area contributed by atoms with Crippen LogP contribution in [0.1, 0.15) is 49.4 Å². The Morgan fingerprint density at radius 3 is 2.50 bits per heavy atom. The molecule has 0 amide bonds. The molecule has 0 bridgehead atoms. The molecule has 1 heterocycles. The van der Waals surface area contributed by atoms with Gasteiger partial charge >= 0.3 is 4.87 Å². The van der Waals surface area contributed by atoms with E-state index in [2.05, 4.69) is 10.8 Å². The van der Waals surface area contributed by atoms with Gasteiger partial charge in [0, 0.05) is 12.6 Å². The van der Waals surface area contributed by atoms with Gasteiger partial charge in [0.2, 0.25) is 10.0 Å². The highest BCUT2D eigenvalue weighted by atomic mass is 32.2. The number of rotatable bonds is 7. The third-order valence-electron chi connectivity index (χ3n) is 4.90. The molecule has 5 nitrogen and oxygen atoms in total. The fourth-order valence-electron chi connectivity index (χ4n) is 3.49. The number of thiazole rings is 1. The van der Waals surface area contributed by atoms with Crippen molar-refractivity contribution in [3.05, 3.63) is 62.8 Å². The predicted octanol–water partition coefficient (Wildman–Crippen LogP) is 4.52. The van der Waals surface area contributed by atoms with Crippen molar-refractivity contribution in [3.63, 3.8) is 0 Å². The molecule has 0 saturated heterocycles. The highest BCUT2D eigenvalue weighted by molar-refractivity contribution is 7.89. The van der Waals surface area contributed by atoms with Gasteiger partial charge in [-0.25, -0.2) is 13.1 Å². The second-order valence-corrected chi connectivity index (χ2v) is 9.80. The molecule has 0 aliphatic carbocycles. The number of sulfonamides is 1. The molecule has 28 heavy (non-hydrogen) atoms. The predicted molar refractivity (Wildman–Crippen MR) is 116 cm³/mol. The SMILES string of the molecule is CCCn1c(=O)sc2cc(S(=O)(=O)N[C@H](CC)c3ccc(C)cc3C)ccc21. The lowest BCUT2D eigenvalue weighted by Gasteiger charge is -2.20. The molecule has 1 aromatic heterocycles. The first-order valence-electron chi connectivity index (χ1n) is 9.49. The highest BCUT2D eigenvalue weighted by Gasteiger charge is 2.22. The minimum absolute atomic E-state index is 0.0546. The minimum atomic E-state index is -3.71. The topological polar surface area (TPSA) is 68.2 Å². The number of nitrogens with one attached hydrogen (secondary N) is 1. The Morgan fingerprint density at radius 2 is 1.86 bits per heavy atom. The molecule has 0 radical (unpaired) electrons. The van der Waals surface area contributed by atoms with Gasteiger partial charge in [0.05, 0.1) is 15.1 Å². The molecule has 0 fully saturated rings. The van der Waals surface area contributed by atoms with Crippen LogP contribution in [0, 0.1) is 13.8 Å². The molecule has 3 rings (SSSR count). The van der Waals surface area contributed by atoms with Crippen LogP contribution < -0.4 is 9.60 Å². The van der Waals surface area contributed by atoms with Gasteiger partial charge < -0.3 is 0 Å². The summed E-state index contributed by atoms with van der Waals surface area (Å²) < 4.78 is 31.3. The Balaban J connectivity index is 1.96. The molecule has 150 valence electrons. The summed E-state index contributed by atoms with van der Waals surface area (Å²) in [5, 5.41) is 0.